The molecule has 0 aliphatic rings. The fourth-order valence-electron chi connectivity index (χ4n) is 3.22. The van der Waals surface area contributed by atoms with Gasteiger partial charge in [-0.2, -0.15) is 12.4 Å². The summed E-state index contributed by atoms with van der Waals surface area (Å²) in [5.41, 5.74) is 0.0743. The highest BCUT2D eigenvalue weighted by Crippen LogP contribution is 2.27. The molecule has 0 amide bonds. The second-order valence-corrected chi connectivity index (χ2v) is 7.79. The van der Waals surface area contributed by atoms with Gasteiger partial charge in [0.1, 0.15) is 5.52 Å². The van der Waals surface area contributed by atoms with Crippen LogP contribution in [0, 0.1) is 6.92 Å². The minimum Gasteiger partial charge on any atom is -0.478 e. The van der Waals surface area contributed by atoms with Gasteiger partial charge in [0, 0.05) is 17.0 Å². The number of benzene rings is 2. The number of rotatable bonds is 4. The third kappa shape index (κ3) is 2.64. The van der Waals surface area contributed by atoms with Gasteiger partial charge in [-0.05, 0) is 24.6 Å². The predicted octanol–water partition coefficient (Wildman–Crippen LogP) is 2.69. The van der Waals surface area contributed by atoms with E-state index in [4.69, 9.17) is 0 Å². The quantitative estimate of drug-likeness (QED) is 0.489. The highest BCUT2D eigenvalue weighted by atomic mass is 32.2. The monoisotopic (exact) mass is 397 g/mol. The summed E-state index contributed by atoms with van der Waals surface area (Å²) in [6.07, 6.45) is 1.19. The molecule has 0 spiro atoms. The Bertz CT molecular complexity index is 1420. The summed E-state index contributed by atoms with van der Waals surface area (Å²) in [4.78, 5) is 27.2. The number of nitrogens with zero attached hydrogens (tertiary/aromatic N) is 1. The van der Waals surface area contributed by atoms with Gasteiger partial charge in [0.15, 0.2) is 0 Å². The average Bonchev–Trinajstić information content (AvgIpc) is 3.10. The molecular weight excluding hydrogens is 382 g/mol. The van der Waals surface area contributed by atoms with Crippen molar-refractivity contribution in [1.82, 2.24) is 8.96 Å². The van der Waals surface area contributed by atoms with Crippen LogP contribution in [-0.2, 0) is 10.2 Å². The molecule has 142 valence electrons. The van der Waals surface area contributed by atoms with Gasteiger partial charge in [-0.25, -0.2) is 4.79 Å². The summed E-state index contributed by atoms with van der Waals surface area (Å²) in [6.45, 7) is 1.74. The molecule has 3 N–H and O–H groups in total. The van der Waals surface area contributed by atoms with Crippen molar-refractivity contribution in [2.75, 3.05) is 4.72 Å². The van der Waals surface area contributed by atoms with Crippen molar-refractivity contribution in [1.29, 1.82) is 0 Å². The van der Waals surface area contributed by atoms with Crippen LogP contribution < -0.4 is 10.3 Å². The van der Waals surface area contributed by atoms with Crippen LogP contribution >= 0.6 is 0 Å². The molecule has 0 aliphatic heterocycles. The van der Waals surface area contributed by atoms with Crippen molar-refractivity contribution >= 4 is 43.7 Å². The molecule has 0 aliphatic carbocycles. The van der Waals surface area contributed by atoms with E-state index in [9.17, 15) is 23.1 Å². The number of anilines is 1. The lowest BCUT2D eigenvalue weighted by Crippen LogP contribution is -2.33. The molecule has 2 aromatic carbocycles. The highest BCUT2D eigenvalue weighted by molar-refractivity contribution is 7.91. The molecule has 2 heterocycles. The summed E-state index contributed by atoms with van der Waals surface area (Å²) >= 11 is 0. The van der Waals surface area contributed by atoms with Gasteiger partial charge >= 0.3 is 16.2 Å². The number of aryl methyl sites for hydroxylation is 1. The summed E-state index contributed by atoms with van der Waals surface area (Å²) in [5.74, 6) is -1.21. The normalized spacial score (nSPS) is 11.8. The fourth-order valence-corrected chi connectivity index (χ4v) is 4.55. The lowest BCUT2D eigenvalue weighted by molar-refractivity contribution is 0.0699. The van der Waals surface area contributed by atoms with Gasteiger partial charge < -0.3 is 10.1 Å². The molecule has 0 unspecified atom stereocenters. The number of aromatic carboxylic acids is 1. The predicted molar refractivity (Wildman–Crippen MR) is 106 cm³/mol. The van der Waals surface area contributed by atoms with E-state index in [0.29, 0.717) is 20.6 Å². The number of para-hydroxylation sites is 2. The molecule has 9 heteroatoms. The maximum atomic E-state index is 13.1. The minimum atomic E-state index is -4.31. The standard InChI is InChI=1S/C19H15N3O5S/c1-11-6-2-4-8-14(11)21-28(26,27)22-15-9-5-3-7-12(15)16-13(19(24)25)10-20-17(16)18(22)23/h2-10,20-21H,1H3,(H,24,25). The van der Waals surface area contributed by atoms with Crippen molar-refractivity contribution < 1.29 is 18.3 Å². The maximum absolute atomic E-state index is 13.1. The Morgan fingerprint density at radius 3 is 2.50 bits per heavy atom. The number of H-pyrrole nitrogens is 1. The third-order valence-electron chi connectivity index (χ3n) is 4.53. The number of carboxylic acids is 1. The molecule has 0 saturated heterocycles. The zero-order chi connectivity index (χ0) is 20.1. The largest absolute Gasteiger partial charge is 0.478 e. The first kappa shape index (κ1) is 17.8. The van der Waals surface area contributed by atoms with Crippen LogP contribution in [-0.4, -0.2) is 28.5 Å². The molecule has 8 nitrogen and oxygen atoms in total. The Labute approximate surface area is 159 Å². The lowest BCUT2D eigenvalue weighted by atomic mass is 10.1. The van der Waals surface area contributed by atoms with Crippen LogP contribution in [0.2, 0.25) is 0 Å². The SMILES string of the molecule is Cc1ccccc1NS(=O)(=O)n1c(=O)c2[nH]cc(C(=O)O)c2c2ccccc21. The van der Waals surface area contributed by atoms with Crippen molar-refractivity contribution in [2.45, 2.75) is 6.92 Å². The van der Waals surface area contributed by atoms with E-state index in [2.05, 4.69) is 9.71 Å². The third-order valence-corrected chi connectivity index (χ3v) is 5.85. The van der Waals surface area contributed by atoms with Crippen LogP contribution in [0.4, 0.5) is 5.69 Å². The van der Waals surface area contributed by atoms with E-state index in [0.717, 1.165) is 0 Å². The van der Waals surface area contributed by atoms with E-state index in [1.165, 1.54) is 12.3 Å². The Kier molecular flexibility index (Phi) is 3.97. The van der Waals surface area contributed by atoms with Crippen LogP contribution in [0.1, 0.15) is 15.9 Å². The number of aromatic amines is 1. The second-order valence-electron chi connectivity index (χ2n) is 6.27. The fraction of sp³-hybridized carbons (Fsp3) is 0.0526. The maximum Gasteiger partial charge on any atom is 0.337 e. The number of hydrogen-bond donors (Lipinski definition) is 3. The number of nitrogens with one attached hydrogen (secondary N) is 2. The first-order valence-corrected chi connectivity index (χ1v) is 9.72. The number of aromatic nitrogens is 2. The number of carboxylic acid groups (broad SMARTS) is 1. The Morgan fingerprint density at radius 1 is 1.11 bits per heavy atom. The van der Waals surface area contributed by atoms with Gasteiger partial charge in [0.2, 0.25) is 0 Å². The molecular formula is C19H15N3O5S. The van der Waals surface area contributed by atoms with Crippen molar-refractivity contribution in [2.24, 2.45) is 0 Å². The second kappa shape index (κ2) is 6.24. The zero-order valence-electron chi connectivity index (χ0n) is 14.6. The van der Waals surface area contributed by atoms with Gasteiger partial charge in [0.05, 0.1) is 16.8 Å². The summed E-state index contributed by atoms with van der Waals surface area (Å²) in [5, 5.41) is 9.93. The van der Waals surface area contributed by atoms with E-state index >= 15 is 0 Å². The first-order chi connectivity index (χ1) is 13.3. The van der Waals surface area contributed by atoms with Gasteiger partial charge in [0.25, 0.3) is 5.56 Å². The number of hydrogen-bond acceptors (Lipinski definition) is 4. The average molecular weight is 397 g/mol. The van der Waals surface area contributed by atoms with E-state index in [1.54, 1.807) is 49.4 Å². The summed E-state index contributed by atoms with van der Waals surface area (Å²) < 4.78 is 29.3. The molecule has 0 bridgehead atoms. The first-order valence-electron chi connectivity index (χ1n) is 8.28. The summed E-state index contributed by atoms with van der Waals surface area (Å²) in [6, 6.07) is 13.1. The molecule has 4 rings (SSSR count). The molecule has 0 fully saturated rings. The van der Waals surface area contributed by atoms with Crippen molar-refractivity contribution in [3.05, 3.63) is 76.2 Å². The number of carbonyl (C=O) groups is 1. The van der Waals surface area contributed by atoms with Crippen LogP contribution in [0.15, 0.2) is 59.5 Å². The Morgan fingerprint density at radius 2 is 1.79 bits per heavy atom. The van der Waals surface area contributed by atoms with Crippen LogP contribution in [0.3, 0.4) is 0 Å². The molecule has 28 heavy (non-hydrogen) atoms. The minimum absolute atomic E-state index is 0.0863. The summed E-state index contributed by atoms with van der Waals surface area (Å²) in [7, 11) is -4.31. The van der Waals surface area contributed by atoms with Crippen LogP contribution in [0.25, 0.3) is 21.8 Å². The molecule has 0 saturated carbocycles. The topological polar surface area (TPSA) is 121 Å². The number of fused-ring (bicyclic) bond motifs is 3. The van der Waals surface area contributed by atoms with Crippen molar-refractivity contribution in [3.63, 3.8) is 0 Å². The van der Waals surface area contributed by atoms with E-state index in [1.807, 2.05) is 0 Å². The molecule has 0 atom stereocenters. The van der Waals surface area contributed by atoms with E-state index < -0.39 is 21.7 Å². The smallest absolute Gasteiger partial charge is 0.337 e. The molecule has 2 aromatic heterocycles. The van der Waals surface area contributed by atoms with Gasteiger partial charge in [-0.3, -0.25) is 9.52 Å². The van der Waals surface area contributed by atoms with Crippen LogP contribution in [0.5, 0.6) is 0 Å². The number of pyridine rings is 1. The zero-order valence-corrected chi connectivity index (χ0v) is 15.4. The van der Waals surface area contributed by atoms with Crippen molar-refractivity contribution in [3.8, 4) is 0 Å². The van der Waals surface area contributed by atoms with E-state index in [-0.39, 0.29) is 22.0 Å². The Balaban J connectivity index is 2.07. The highest BCUT2D eigenvalue weighted by Gasteiger charge is 2.25. The lowest BCUT2D eigenvalue weighted by Gasteiger charge is -2.15. The van der Waals surface area contributed by atoms with Gasteiger partial charge in [-0.15, -0.1) is 0 Å². The Hall–Kier alpha value is -3.59. The molecule has 4 aromatic rings. The van der Waals surface area contributed by atoms with Gasteiger partial charge in [-0.1, -0.05) is 36.4 Å². The molecule has 0 radical (unpaired) electrons.